The third-order valence-corrected chi connectivity index (χ3v) is 4.33. The lowest BCUT2D eigenvalue weighted by molar-refractivity contribution is -0.166. The van der Waals surface area contributed by atoms with Gasteiger partial charge in [-0.05, 0) is 38.1 Å². The van der Waals surface area contributed by atoms with E-state index in [1.54, 1.807) is 6.92 Å². The molecule has 1 fully saturated rings. The second-order valence-electron chi connectivity index (χ2n) is 6.54. The van der Waals surface area contributed by atoms with Crippen LogP contribution < -0.4 is 4.74 Å². The largest absolute Gasteiger partial charge is 0.494 e. The normalized spacial score (nSPS) is 19.4. The van der Waals surface area contributed by atoms with Crippen molar-refractivity contribution in [3.63, 3.8) is 0 Å². The predicted molar refractivity (Wildman–Crippen MR) is 97.8 cm³/mol. The summed E-state index contributed by atoms with van der Waals surface area (Å²) in [6.07, 6.45) is -0.883. The highest BCUT2D eigenvalue weighted by Gasteiger charge is 2.32. The first-order valence-corrected chi connectivity index (χ1v) is 9.18. The van der Waals surface area contributed by atoms with Gasteiger partial charge >= 0.3 is 5.97 Å². The van der Waals surface area contributed by atoms with E-state index >= 15 is 0 Å². The lowest BCUT2D eigenvalue weighted by Crippen LogP contribution is -2.51. The summed E-state index contributed by atoms with van der Waals surface area (Å²) >= 11 is 0. The molecule has 0 spiro atoms. The van der Waals surface area contributed by atoms with Gasteiger partial charge in [0.05, 0.1) is 19.3 Å². The number of nitrogens with zero attached hydrogens (tertiary/aromatic N) is 3. The fourth-order valence-electron chi connectivity index (χ4n) is 3.00. The minimum atomic E-state index is -1.07. The number of carboxylic acids is 1. The zero-order chi connectivity index (χ0) is 20.1. The van der Waals surface area contributed by atoms with Gasteiger partial charge in [0, 0.05) is 24.9 Å². The Balaban J connectivity index is 1.56. The number of aromatic nitrogens is 2. The highest BCUT2D eigenvalue weighted by molar-refractivity contribution is 5.79. The highest BCUT2D eigenvalue weighted by Crippen LogP contribution is 2.20. The number of carbonyl (C=O) groups excluding carboxylic acids is 1. The molecule has 2 heterocycles. The molecule has 1 N–H and O–H groups in total. The van der Waals surface area contributed by atoms with Crippen molar-refractivity contribution in [2.24, 2.45) is 0 Å². The van der Waals surface area contributed by atoms with Crippen molar-refractivity contribution in [1.29, 1.82) is 0 Å². The summed E-state index contributed by atoms with van der Waals surface area (Å²) in [6, 6.07) is 7.34. The first kappa shape index (κ1) is 19.8. The van der Waals surface area contributed by atoms with E-state index in [0.717, 1.165) is 11.3 Å². The minimum Gasteiger partial charge on any atom is -0.494 e. The van der Waals surface area contributed by atoms with Crippen LogP contribution >= 0.6 is 0 Å². The summed E-state index contributed by atoms with van der Waals surface area (Å²) in [5.41, 5.74) is 0.788. The Morgan fingerprint density at radius 3 is 2.71 bits per heavy atom. The fourth-order valence-corrected chi connectivity index (χ4v) is 3.00. The minimum absolute atomic E-state index is 0.0414. The SMILES string of the molecule is CCOc1ccc(-c2noc(CCC(=O)N3CC(C(=O)O)O[C@H](C)C3)n2)cc1. The Morgan fingerprint density at radius 2 is 2.04 bits per heavy atom. The van der Waals surface area contributed by atoms with Crippen LogP contribution in [-0.2, 0) is 20.7 Å². The number of hydrogen-bond donors (Lipinski definition) is 1. The van der Waals surface area contributed by atoms with Gasteiger partial charge in [-0.25, -0.2) is 4.79 Å². The number of ether oxygens (including phenoxy) is 2. The van der Waals surface area contributed by atoms with Crippen molar-refractivity contribution < 1.29 is 28.7 Å². The van der Waals surface area contributed by atoms with E-state index in [1.807, 2.05) is 31.2 Å². The van der Waals surface area contributed by atoms with Crippen LogP contribution in [-0.4, -0.2) is 63.9 Å². The maximum absolute atomic E-state index is 12.4. The van der Waals surface area contributed by atoms with E-state index in [0.29, 0.717) is 24.9 Å². The molecule has 9 heteroatoms. The molecule has 0 aliphatic carbocycles. The molecule has 0 bridgehead atoms. The summed E-state index contributed by atoms with van der Waals surface area (Å²) in [4.78, 5) is 29.4. The summed E-state index contributed by atoms with van der Waals surface area (Å²) in [7, 11) is 0. The molecule has 3 rings (SSSR count). The molecule has 2 atom stereocenters. The molecule has 9 nitrogen and oxygen atoms in total. The van der Waals surface area contributed by atoms with Crippen LogP contribution in [0.25, 0.3) is 11.4 Å². The molecule has 150 valence electrons. The van der Waals surface area contributed by atoms with Crippen molar-refractivity contribution in [2.45, 2.75) is 38.9 Å². The average Bonchev–Trinajstić information content (AvgIpc) is 3.15. The zero-order valence-corrected chi connectivity index (χ0v) is 15.8. The fraction of sp³-hybridized carbons (Fsp3) is 0.474. The van der Waals surface area contributed by atoms with Gasteiger partial charge in [-0.2, -0.15) is 4.98 Å². The standard InChI is InChI=1S/C19H23N3O6/c1-3-26-14-6-4-13(5-7-14)18-20-16(28-21-18)8-9-17(23)22-10-12(2)27-15(11-22)19(24)25/h4-7,12,15H,3,8-11H2,1-2H3,(H,24,25)/t12-,15?/m1/s1. The number of carbonyl (C=O) groups is 2. The van der Waals surface area contributed by atoms with Gasteiger partial charge in [0.1, 0.15) is 5.75 Å². The van der Waals surface area contributed by atoms with Gasteiger partial charge < -0.3 is 24.0 Å². The van der Waals surface area contributed by atoms with Crippen LogP contribution in [0.5, 0.6) is 5.75 Å². The van der Waals surface area contributed by atoms with Crippen LogP contribution in [0.1, 0.15) is 26.2 Å². The second-order valence-corrected chi connectivity index (χ2v) is 6.54. The molecule has 2 aromatic rings. The topological polar surface area (TPSA) is 115 Å². The van der Waals surface area contributed by atoms with Gasteiger partial charge in [-0.15, -0.1) is 0 Å². The van der Waals surface area contributed by atoms with Crippen LogP contribution in [0.15, 0.2) is 28.8 Å². The monoisotopic (exact) mass is 389 g/mol. The second kappa shape index (κ2) is 8.83. The Bertz CT molecular complexity index is 819. The third-order valence-electron chi connectivity index (χ3n) is 4.33. The zero-order valence-electron chi connectivity index (χ0n) is 15.8. The van der Waals surface area contributed by atoms with Crippen molar-refractivity contribution in [3.05, 3.63) is 30.2 Å². The molecule has 1 aliphatic rings. The molecule has 1 saturated heterocycles. The Morgan fingerprint density at radius 1 is 1.29 bits per heavy atom. The van der Waals surface area contributed by atoms with Crippen LogP contribution in [0.2, 0.25) is 0 Å². The van der Waals surface area contributed by atoms with Crippen LogP contribution in [0.3, 0.4) is 0 Å². The molecule has 0 radical (unpaired) electrons. The summed E-state index contributed by atoms with van der Waals surface area (Å²) in [5, 5.41) is 13.1. The van der Waals surface area contributed by atoms with Gasteiger partial charge in [0.15, 0.2) is 6.10 Å². The van der Waals surface area contributed by atoms with Crippen LogP contribution in [0, 0.1) is 0 Å². The van der Waals surface area contributed by atoms with E-state index < -0.39 is 12.1 Å². The predicted octanol–water partition coefficient (Wildman–Crippen LogP) is 1.77. The van der Waals surface area contributed by atoms with E-state index in [9.17, 15) is 9.59 Å². The van der Waals surface area contributed by atoms with Crippen LogP contribution in [0.4, 0.5) is 0 Å². The molecule has 28 heavy (non-hydrogen) atoms. The lowest BCUT2D eigenvalue weighted by Gasteiger charge is -2.34. The van der Waals surface area contributed by atoms with Crippen molar-refractivity contribution in [1.82, 2.24) is 15.0 Å². The number of hydrogen-bond acceptors (Lipinski definition) is 7. The van der Waals surface area contributed by atoms with Crippen molar-refractivity contribution in [2.75, 3.05) is 19.7 Å². The van der Waals surface area contributed by atoms with E-state index in [1.165, 1.54) is 4.90 Å². The Hall–Kier alpha value is -2.94. The quantitative estimate of drug-likeness (QED) is 0.762. The first-order valence-electron chi connectivity index (χ1n) is 9.18. The number of morpholine rings is 1. The van der Waals surface area contributed by atoms with Crippen molar-refractivity contribution in [3.8, 4) is 17.1 Å². The van der Waals surface area contributed by atoms with Gasteiger partial charge in [0.2, 0.25) is 17.6 Å². The number of amides is 1. The molecular formula is C19H23N3O6. The van der Waals surface area contributed by atoms with E-state index in [2.05, 4.69) is 10.1 Å². The smallest absolute Gasteiger partial charge is 0.334 e. The molecular weight excluding hydrogens is 366 g/mol. The highest BCUT2D eigenvalue weighted by atomic mass is 16.5. The maximum Gasteiger partial charge on any atom is 0.334 e. The first-order chi connectivity index (χ1) is 13.5. The number of aryl methyl sites for hydroxylation is 1. The Kier molecular flexibility index (Phi) is 6.25. The number of aliphatic carboxylic acids is 1. The lowest BCUT2D eigenvalue weighted by atomic mass is 10.2. The Labute approximate surface area is 162 Å². The average molecular weight is 389 g/mol. The van der Waals surface area contributed by atoms with Crippen molar-refractivity contribution >= 4 is 11.9 Å². The molecule has 1 amide bonds. The summed E-state index contributed by atoms with van der Waals surface area (Å²) < 4.78 is 16.0. The van der Waals surface area contributed by atoms with Gasteiger partial charge in [-0.3, -0.25) is 4.79 Å². The summed E-state index contributed by atoms with van der Waals surface area (Å²) in [6.45, 7) is 4.66. The molecule has 1 aromatic heterocycles. The molecule has 0 saturated carbocycles. The van der Waals surface area contributed by atoms with Gasteiger partial charge in [0.25, 0.3) is 0 Å². The third kappa shape index (κ3) is 4.86. The number of carboxylic acid groups (broad SMARTS) is 1. The number of rotatable bonds is 7. The number of benzene rings is 1. The molecule has 1 unspecified atom stereocenters. The van der Waals surface area contributed by atoms with E-state index in [4.69, 9.17) is 19.1 Å². The van der Waals surface area contributed by atoms with E-state index in [-0.39, 0.29) is 31.4 Å². The summed E-state index contributed by atoms with van der Waals surface area (Å²) in [5.74, 6) is 0.327. The van der Waals surface area contributed by atoms with Gasteiger partial charge in [-0.1, -0.05) is 5.16 Å². The maximum atomic E-state index is 12.4. The molecule has 1 aliphatic heterocycles. The molecule has 1 aromatic carbocycles.